The van der Waals surface area contributed by atoms with Crippen LogP contribution in [-0.4, -0.2) is 32.2 Å². The standard InChI is InChI=1S/C23H20F2N4O3/c1-13-2-3-15(10-17(13)25)20-12-29-21(23(32)27-20)11-19(28-29)22(31)26-18(8-9-30)14-4-6-16(24)7-5-14/h2-7,10-12,18,30H,8-9H2,1H3,(H,26,31)(H,27,32)/t18-/m1/s1. The minimum Gasteiger partial charge on any atom is -0.396 e. The van der Waals surface area contributed by atoms with Crippen LogP contribution in [0.15, 0.2) is 59.5 Å². The van der Waals surface area contributed by atoms with E-state index in [1.807, 2.05) is 0 Å². The number of hydrogen-bond acceptors (Lipinski definition) is 4. The van der Waals surface area contributed by atoms with Crippen molar-refractivity contribution in [2.45, 2.75) is 19.4 Å². The lowest BCUT2D eigenvalue weighted by Gasteiger charge is -2.17. The van der Waals surface area contributed by atoms with Crippen molar-refractivity contribution >= 4 is 11.4 Å². The molecule has 0 bridgehead atoms. The maximum absolute atomic E-state index is 13.9. The molecule has 4 aromatic rings. The van der Waals surface area contributed by atoms with E-state index in [0.717, 1.165) is 0 Å². The van der Waals surface area contributed by atoms with Gasteiger partial charge in [-0.3, -0.25) is 9.59 Å². The third kappa shape index (κ3) is 4.28. The van der Waals surface area contributed by atoms with Gasteiger partial charge in [0.25, 0.3) is 11.5 Å². The molecule has 0 aliphatic carbocycles. The molecule has 1 amide bonds. The van der Waals surface area contributed by atoms with E-state index in [1.165, 1.54) is 47.1 Å². The van der Waals surface area contributed by atoms with E-state index in [9.17, 15) is 23.5 Å². The molecule has 0 aliphatic heterocycles. The minimum atomic E-state index is -0.567. The van der Waals surface area contributed by atoms with E-state index in [0.29, 0.717) is 22.4 Å². The average molecular weight is 438 g/mol. The van der Waals surface area contributed by atoms with Gasteiger partial charge in [0.05, 0.1) is 17.9 Å². The zero-order valence-electron chi connectivity index (χ0n) is 17.1. The summed E-state index contributed by atoms with van der Waals surface area (Å²) in [5, 5.41) is 16.3. The fourth-order valence-electron chi connectivity index (χ4n) is 3.40. The average Bonchev–Trinajstić information content (AvgIpc) is 3.21. The number of benzene rings is 2. The van der Waals surface area contributed by atoms with Crippen molar-refractivity contribution in [1.29, 1.82) is 0 Å². The van der Waals surface area contributed by atoms with Crippen LogP contribution < -0.4 is 10.9 Å². The Labute approximate surface area is 181 Å². The molecule has 3 N–H and O–H groups in total. The van der Waals surface area contributed by atoms with Crippen molar-refractivity contribution in [2.75, 3.05) is 6.61 Å². The van der Waals surface area contributed by atoms with Gasteiger partial charge in [0.1, 0.15) is 17.2 Å². The number of halogens is 2. The van der Waals surface area contributed by atoms with Gasteiger partial charge in [0, 0.05) is 18.2 Å². The summed E-state index contributed by atoms with van der Waals surface area (Å²) in [6.07, 6.45) is 1.72. The summed E-state index contributed by atoms with van der Waals surface area (Å²) in [6.45, 7) is 1.45. The fourth-order valence-corrected chi connectivity index (χ4v) is 3.40. The Morgan fingerprint density at radius 1 is 1.19 bits per heavy atom. The highest BCUT2D eigenvalue weighted by molar-refractivity contribution is 5.93. The van der Waals surface area contributed by atoms with E-state index in [-0.39, 0.29) is 24.2 Å². The van der Waals surface area contributed by atoms with Gasteiger partial charge in [-0.25, -0.2) is 13.3 Å². The van der Waals surface area contributed by atoms with Crippen molar-refractivity contribution in [3.63, 3.8) is 0 Å². The number of H-pyrrole nitrogens is 1. The topological polar surface area (TPSA) is 99.5 Å². The number of aromatic nitrogens is 3. The molecule has 2 heterocycles. The van der Waals surface area contributed by atoms with E-state index >= 15 is 0 Å². The number of aromatic amines is 1. The number of amides is 1. The summed E-state index contributed by atoms with van der Waals surface area (Å²) in [5.74, 6) is -1.37. The highest BCUT2D eigenvalue weighted by Crippen LogP contribution is 2.20. The number of rotatable bonds is 6. The maximum Gasteiger partial charge on any atom is 0.274 e. The summed E-state index contributed by atoms with van der Waals surface area (Å²) in [4.78, 5) is 28.0. The molecule has 164 valence electrons. The van der Waals surface area contributed by atoms with Crippen molar-refractivity contribution in [3.8, 4) is 11.3 Å². The van der Waals surface area contributed by atoms with Gasteiger partial charge in [-0.05, 0) is 42.7 Å². The van der Waals surface area contributed by atoms with Crippen molar-refractivity contribution in [3.05, 3.63) is 93.5 Å². The Kier molecular flexibility index (Phi) is 5.83. The maximum atomic E-state index is 13.9. The molecule has 0 saturated heterocycles. The second kappa shape index (κ2) is 8.72. The zero-order valence-corrected chi connectivity index (χ0v) is 17.1. The van der Waals surface area contributed by atoms with Gasteiger partial charge in [-0.15, -0.1) is 0 Å². The molecule has 0 spiro atoms. The Balaban J connectivity index is 1.64. The molecule has 0 aliphatic rings. The van der Waals surface area contributed by atoms with Crippen molar-refractivity contribution < 1.29 is 18.7 Å². The van der Waals surface area contributed by atoms with Gasteiger partial charge in [0.2, 0.25) is 0 Å². The van der Waals surface area contributed by atoms with E-state index < -0.39 is 29.1 Å². The molecular weight excluding hydrogens is 418 g/mol. The number of carbonyl (C=O) groups excluding carboxylic acids is 1. The lowest BCUT2D eigenvalue weighted by molar-refractivity contribution is 0.0924. The number of nitrogens with one attached hydrogen (secondary N) is 2. The quantitative estimate of drug-likeness (QED) is 0.431. The largest absolute Gasteiger partial charge is 0.396 e. The monoisotopic (exact) mass is 438 g/mol. The molecule has 9 heteroatoms. The first-order valence-electron chi connectivity index (χ1n) is 9.92. The van der Waals surface area contributed by atoms with E-state index in [2.05, 4.69) is 15.4 Å². The van der Waals surface area contributed by atoms with E-state index in [4.69, 9.17) is 0 Å². The van der Waals surface area contributed by atoms with Crippen LogP contribution >= 0.6 is 0 Å². The van der Waals surface area contributed by atoms with Crippen LogP contribution in [0.2, 0.25) is 0 Å². The SMILES string of the molecule is Cc1ccc(-c2cn3nc(C(=O)N[C@H](CCO)c4ccc(F)cc4)cc3c(=O)[nH]2)cc1F. The molecule has 1 atom stereocenters. The van der Waals surface area contributed by atoms with Gasteiger partial charge >= 0.3 is 0 Å². The number of hydrogen-bond donors (Lipinski definition) is 3. The second-order valence-electron chi connectivity index (χ2n) is 7.41. The minimum absolute atomic E-state index is 0.00668. The van der Waals surface area contributed by atoms with E-state index in [1.54, 1.807) is 19.1 Å². The first-order chi connectivity index (χ1) is 15.4. The number of fused-ring (bicyclic) bond motifs is 1. The predicted molar refractivity (Wildman–Crippen MR) is 114 cm³/mol. The summed E-state index contributed by atoms with van der Waals surface area (Å²) < 4.78 is 28.4. The molecule has 32 heavy (non-hydrogen) atoms. The highest BCUT2D eigenvalue weighted by atomic mass is 19.1. The Bertz CT molecular complexity index is 1350. The highest BCUT2D eigenvalue weighted by Gasteiger charge is 2.19. The van der Waals surface area contributed by atoms with Crippen molar-refractivity contribution in [1.82, 2.24) is 19.9 Å². The van der Waals surface area contributed by atoms with Crippen LogP contribution in [0.5, 0.6) is 0 Å². The molecule has 2 aromatic carbocycles. The number of aliphatic hydroxyl groups is 1. The lowest BCUT2D eigenvalue weighted by Crippen LogP contribution is -2.29. The third-order valence-corrected chi connectivity index (χ3v) is 5.18. The smallest absolute Gasteiger partial charge is 0.274 e. The summed E-state index contributed by atoms with van der Waals surface area (Å²) in [6, 6.07) is 11.0. The number of aliphatic hydroxyl groups excluding tert-OH is 1. The van der Waals surface area contributed by atoms with Gasteiger partial charge in [-0.2, -0.15) is 5.10 Å². The molecule has 4 rings (SSSR count). The van der Waals surface area contributed by atoms with Crippen LogP contribution in [0.25, 0.3) is 16.8 Å². The Morgan fingerprint density at radius 3 is 2.62 bits per heavy atom. The van der Waals surface area contributed by atoms with Gasteiger partial charge in [0.15, 0.2) is 5.69 Å². The molecular formula is C23H20F2N4O3. The van der Waals surface area contributed by atoms with Crippen LogP contribution in [0.1, 0.15) is 34.1 Å². The normalized spacial score (nSPS) is 12.1. The zero-order chi connectivity index (χ0) is 22.8. The van der Waals surface area contributed by atoms with Gasteiger partial charge < -0.3 is 15.4 Å². The molecule has 0 saturated carbocycles. The van der Waals surface area contributed by atoms with Gasteiger partial charge in [-0.1, -0.05) is 24.3 Å². The lowest BCUT2D eigenvalue weighted by atomic mass is 10.0. The van der Waals surface area contributed by atoms with Crippen LogP contribution in [0.3, 0.4) is 0 Å². The summed E-state index contributed by atoms with van der Waals surface area (Å²) in [7, 11) is 0. The Morgan fingerprint density at radius 2 is 1.94 bits per heavy atom. The molecule has 0 radical (unpaired) electrons. The summed E-state index contributed by atoms with van der Waals surface area (Å²) in [5.41, 5.74) is 1.57. The summed E-state index contributed by atoms with van der Waals surface area (Å²) >= 11 is 0. The number of aryl methyl sites for hydroxylation is 1. The van der Waals surface area contributed by atoms with Crippen LogP contribution in [0, 0.1) is 18.6 Å². The third-order valence-electron chi connectivity index (χ3n) is 5.18. The van der Waals surface area contributed by atoms with Crippen LogP contribution in [0.4, 0.5) is 8.78 Å². The number of nitrogens with zero attached hydrogens (tertiary/aromatic N) is 2. The second-order valence-corrected chi connectivity index (χ2v) is 7.41. The molecule has 0 fully saturated rings. The first-order valence-corrected chi connectivity index (χ1v) is 9.92. The van der Waals surface area contributed by atoms with Crippen molar-refractivity contribution in [2.24, 2.45) is 0 Å². The number of carbonyl (C=O) groups is 1. The first kappa shape index (κ1) is 21.4. The predicted octanol–water partition coefficient (Wildman–Crippen LogP) is 3.13. The molecule has 7 nitrogen and oxygen atoms in total. The molecule has 0 unspecified atom stereocenters. The fraction of sp³-hybridized carbons (Fsp3) is 0.174. The van der Waals surface area contributed by atoms with Crippen LogP contribution in [-0.2, 0) is 0 Å². The molecule has 2 aromatic heterocycles. The Hall–Kier alpha value is -3.85.